The Labute approximate surface area is 252 Å². The van der Waals surface area contributed by atoms with Gasteiger partial charge in [0.15, 0.2) is 16.7 Å². The minimum Gasteiger partial charge on any atom is -0.492 e. The van der Waals surface area contributed by atoms with Crippen LogP contribution < -0.4 is 15.0 Å². The van der Waals surface area contributed by atoms with E-state index in [0.717, 1.165) is 37.4 Å². The summed E-state index contributed by atoms with van der Waals surface area (Å²) in [6.07, 6.45) is 5.33. The number of anilines is 2. The quantitative estimate of drug-likeness (QED) is 0.341. The second-order valence-electron chi connectivity index (χ2n) is 10.4. The Morgan fingerprint density at radius 2 is 1.98 bits per heavy atom. The molecule has 0 radical (unpaired) electrons. The van der Waals surface area contributed by atoms with Crippen LogP contribution >= 0.6 is 22.9 Å². The molecule has 5 rings (SSSR count). The third-order valence-electron chi connectivity index (χ3n) is 7.64. The number of carbonyl (C=O) groups excluding carboxylic acids is 1. The van der Waals surface area contributed by atoms with Crippen molar-refractivity contribution in [3.8, 4) is 17.0 Å². The van der Waals surface area contributed by atoms with Crippen molar-refractivity contribution in [1.29, 1.82) is 0 Å². The minimum absolute atomic E-state index is 0.0269. The normalized spacial score (nSPS) is 17.9. The fraction of sp³-hybridized carbons (Fsp3) is 0.464. The Morgan fingerprint density at radius 3 is 2.60 bits per heavy atom. The first-order valence-electron chi connectivity index (χ1n) is 13.8. The highest BCUT2D eigenvalue weighted by Gasteiger charge is 2.25. The number of carbonyl (C=O) groups is 2. The molecule has 2 fully saturated rings. The van der Waals surface area contributed by atoms with Gasteiger partial charge in [0.05, 0.1) is 36.6 Å². The molecule has 11 nitrogen and oxygen atoms in total. The third-order valence-corrected chi connectivity index (χ3v) is 8.88. The fourth-order valence-electron chi connectivity index (χ4n) is 5.26. The number of methoxy groups -OCH3 is 1. The maximum atomic E-state index is 14.7. The molecular formula is C28H33ClFN7O4S. The predicted molar refractivity (Wildman–Crippen MR) is 159 cm³/mol. The van der Waals surface area contributed by atoms with E-state index in [2.05, 4.69) is 41.9 Å². The van der Waals surface area contributed by atoms with Crippen LogP contribution in [0.25, 0.3) is 11.3 Å². The average Bonchev–Trinajstić information content (AvgIpc) is 3.57. The molecule has 2 N–H and O–H groups in total. The number of nitrogens with zero attached hydrogens (tertiary/aromatic N) is 6. The van der Waals surface area contributed by atoms with Crippen molar-refractivity contribution in [3.05, 3.63) is 45.9 Å². The molecule has 1 amide bonds. The fourth-order valence-corrected chi connectivity index (χ4v) is 6.55. The summed E-state index contributed by atoms with van der Waals surface area (Å²) < 4.78 is 19.8. The SMILES string of the molecule is COc1c(F)cc(-c2nc(NC(=O)c3cnc(N4CCN(CCC(=O)O)CC4)cn3)sc2CN2CCCC2C)cc1Cl. The lowest BCUT2D eigenvalue weighted by Crippen LogP contribution is -2.47. The Morgan fingerprint density at radius 1 is 1.19 bits per heavy atom. The van der Waals surface area contributed by atoms with E-state index in [-0.39, 0.29) is 22.9 Å². The van der Waals surface area contributed by atoms with Crippen molar-refractivity contribution in [1.82, 2.24) is 24.8 Å². The first-order valence-corrected chi connectivity index (χ1v) is 15.0. The van der Waals surface area contributed by atoms with Crippen LogP contribution in [0.2, 0.25) is 5.02 Å². The molecule has 14 heteroatoms. The van der Waals surface area contributed by atoms with E-state index in [4.69, 9.17) is 21.4 Å². The van der Waals surface area contributed by atoms with Gasteiger partial charge in [0.25, 0.3) is 5.91 Å². The smallest absolute Gasteiger partial charge is 0.304 e. The number of likely N-dealkylation sites (tertiary alicyclic amines) is 1. The molecule has 0 aliphatic carbocycles. The summed E-state index contributed by atoms with van der Waals surface area (Å²) in [6, 6.07) is 3.38. The van der Waals surface area contributed by atoms with E-state index in [0.29, 0.717) is 54.4 Å². The zero-order valence-corrected chi connectivity index (χ0v) is 25.0. The van der Waals surface area contributed by atoms with E-state index < -0.39 is 17.7 Å². The van der Waals surface area contributed by atoms with Crippen molar-refractivity contribution in [2.75, 3.05) is 56.6 Å². The summed E-state index contributed by atoms with van der Waals surface area (Å²) in [6.45, 7) is 7.11. The molecule has 1 unspecified atom stereocenters. The van der Waals surface area contributed by atoms with Crippen LogP contribution in [0.3, 0.4) is 0 Å². The Balaban J connectivity index is 1.29. The van der Waals surface area contributed by atoms with Gasteiger partial charge in [-0.2, -0.15) is 0 Å². The third kappa shape index (κ3) is 6.97. The number of aliphatic carboxylic acids is 1. The van der Waals surface area contributed by atoms with E-state index >= 15 is 0 Å². The van der Waals surface area contributed by atoms with Crippen LogP contribution in [0, 0.1) is 5.82 Å². The predicted octanol–water partition coefficient (Wildman–Crippen LogP) is 4.23. The van der Waals surface area contributed by atoms with Crippen LogP contribution in [0.5, 0.6) is 5.75 Å². The Hall–Kier alpha value is -3.39. The van der Waals surface area contributed by atoms with Gasteiger partial charge >= 0.3 is 5.97 Å². The van der Waals surface area contributed by atoms with Gasteiger partial charge in [-0.25, -0.2) is 19.3 Å². The summed E-state index contributed by atoms with van der Waals surface area (Å²) in [7, 11) is 1.36. The Kier molecular flexibility index (Phi) is 9.51. The van der Waals surface area contributed by atoms with Gasteiger partial charge in [0.1, 0.15) is 11.5 Å². The van der Waals surface area contributed by atoms with Crippen LogP contribution in [0.1, 0.15) is 41.6 Å². The van der Waals surface area contributed by atoms with Gasteiger partial charge in [-0.3, -0.25) is 24.7 Å². The zero-order valence-electron chi connectivity index (χ0n) is 23.5. The number of ether oxygens (including phenoxy) is 1. The number of carboxylic acids is 1. The number of nitrogens with one attached hydrogen (secondary N) is 1. The molecule has 0 bridgehead atoms. The molecule has 2 aromatic heterocycles. The summed E-state index contributed by atoms with van der Waals surface area (Å²) in [5, 5.41) is 12.2. The van der Waals surface area contributed by atoms with Crippen LogP contribution in [0.4, 0.5) is 15.3 Å². The number of rotatable bonds is 10. The average molecular weight is 618 g/mol. The molecule has 0 spiro atoms. The second-order valence-corrected chi connectivity index (χ2v) is 11.9. The number of thiazole rings is 1. The van der Waals surface area contributed by atoms with Gasteiger partial charge in [-0.05, 0) is 38.4 Å². The first-order chi connectivity index (χ1) is 20.2. The summed E-state index contributed by atoms with van der Waals surface area (Å²) in [5.74, 6) is -1.21. The van der Waals surface area contributed by atoms with Crippen molar-refractivity contribution < 1.29 is 23.8 Å². The molecule has 3 aromatic rings. The largest absolute Gasteiger partial charge is 0.492 e. The van der Waals surface area contributed by atoms with Gasteiger partial charge in [0, 0.05) is 55.8 Å². The molecule has 1 aromatic carbocycles. The zero-order chi connectivity index (χ0) is 29.8. The van der Waals surface area contributed by atoms with Crippen LogP contribution in [-0.4, -0.2) is 94.2 Å². The van der Waals surface area contributed by atoms with Crippen molar-refractivity contribution in [3.63, 3.8) is 0 Å². The van der Waals surface area contributed by atoms with Gasteiger partial charge in [-0.15, -0.1) is 0 Å². The molecule has 0 saturated carbocycles. The topological polar surface area (TPSA) is 124 Å². The number of hydrogen-bond acceptors (Lipinski definition) is 10. The monoisotopic (exact) mass is 617 g/mol. The maximum Gasteiger partial charge on any atom is 0.304 e. The summed E-state index contributed by atoms with van der Waals surface area (Å²) >= 11 is 7.63. The molecular weight excluding hydrogens is 585 g/mol. The van der Waals surface area contributed by atoms with Crippen molar-refractivity contribution >= 4 is 45.8 Å². The molecule has 4 heterocycles. The van der Waals surface area contributed by atoms with Crippen molar-refractivity contribution in [2.45, 2.75) is 38.8 Å². The van der Waals surface area contributed by atoms with Crippen LogP contribution in [0.15, 0.2) is 24.5 Å². The highest BCUT2D eigenvalue weighted by molar-refractivity contribution is 7.16. The number of amides is 1. The number of halogens is 2. The Bertz CT molecular complexity index is 1410. The lowest BCUT2D eigenvalue weighted by Gasteiger charge is -2.34. The van der Waals surface area contributed by atoms with E-state index in [1.165, 1.54) is 30.7 Å². The number of carboxylic acid groups (broad SMARTS) is 1. The molecule has 2 saturated heterocycles. The molecule has 2 aliphatic rings. The van der Waals surface area contributed by atoms with E-state index in [1.54, 1.807) is 12.3 Å². The van der Waals surface area contributed by atoms with Crippen molar-refractivity contribution in [2.24, 2.45) is 0 Å². The number of piperazine rings is 1. The van der Waals surface area contributed by atoms with Gasteiger partial charge in [0.2, 0.25) is 0 Å². The number of aromatic nitrogens is 3. The lowest BCUT2D eigenvalue weighted by molar-refractivity contribution is -0.137. The summed E-state index contributed by atoms with van der Waals surface area (Å²) in [4.78, 5) is 44.8. The standard InChI is InChI=1S/C28H33ClFN7O4S/c1-17-4-3-6-37(17)16-22-25(18-12-19(29)26(41-2)20(30)13-18)33-28(42-22)34-27(40)21-14-32-23(15-31-21)36-10-8-35(9-11-36)7-5-24(38)39/h12-15,17H,3-11,16H2,1-2H3,(H,38,39)(H,33,34,40). The number of benzene rings is 1. The van der Waals surface area contributed by atoms with Gasteiger partial charge in [-0.1, -0.05) is 22.9 Å². The molecule has 1 atom stereocenters. The van der Waals surface area contributed by atoms with E-state index in [1.807, 2.05) is 0 Å². The van der Waals surface area contributed by atoms with E-state index in [9.17, 15) is 14.0 Å². The number of hydrogen-bond donors (Lipinski definition) is 2. The summed E-state index contributed by atoms with van der Waals surface area (Å²) in [5.41, 5.74) is 1.20. The van der Waals surface area contributed by atoms with Crippen LogP contribution in [-0.2, 0) is 11.3 Å². The maximum absolute atomic E-state index is 14.7. The molecule has 224 valence electrons. The lowest BCUT2D eigenvalue weighted by atomic mass is 10.1. The first kappa shape index (κ1) is 30.1. The molecule has 2 aliphatic heterocycles. The molecule has 42 heavy (non-hydrogen) atoms. The minimum atomic E-state index is -0.803. The highest BCUT2D eigenvalue weighted by atomic mass is 35.5. The highest BCUT2D eigenvalue weighted by Crippen LogP contribution is 2.38. The second kappa shape index (κ2) is 13.3. The van der Waals surface area contributed by atoms with Gasteiger partial charge < -0.3 is 14.7 Å².